The zero-order valence-electron chi connectivity index (χ0n) is 14.5. The van der Waals surface area contributed by atoms with Crippen molar-refractivity contribution in [3.05, 3.63) is 75.6 Å². The van der Waals surface area contributed by atoms with Gasteiger partial charge >= 0.3 is 5.63 Å². The Morgan fingerprint density at radius 1 is 1.16 bits per heavy atom. The Hall–Kier alpha value is -2.59. The number of fused-ring (bicyclic) bond motifs is 3. The van der Waals surface area contributed by atoms with Crippen molar-refractivity contribution in [2.24, 2.45) is 0 Å². The number of benzene rings is 2. The molecule has 0 aliphatic carbocycles. The molecule has 0 saturated heterocycles. The van der Waals surface area contributed by atoms with E-state index >= 15 is 0 Å². The number of nitrogens with zero attached hydrogens (tertiary/aromatic N) is 1. The van der Waals surface area contributed by atoms with Crippen LogP contribution in [0.25, 0.3) is 11.0 Å². The minimum atomic E-state index is -0.312. The topological polar surface area (TPSA) is 42.7 Å². The van der Waals surface area contributed by atoms with Gasteiger partial charge in [-0.15, -0.1) is 0 Å². The lowest BCUT2D eigenvalue weighted by molar-refractivity contribution is 0.0909. The maximum Gasteiger partial charge on any atom is 0.336 e. The normalized spacial score (nSPS) is 15.6. The Kier molecular flexibility index (Phi) is 4.06. The van der Waals surface area contributed by atoms with Gasteiger partial charge in [0.15, 0.2) is 0 Å². The Balaban J connectivity index is 1.64. The standard InChI is InChI=1S/C21H21NO3/c1-14-10-20(23)25-21-17(14)8-9-19-18(21)12-22(13-24-19)11-15(2)16-6-4-3-5-7-16/h3-10,15H,11-13H2,1-2H3/t15-/m1/s1. The molecular formula is C21H21NO3. The van der Waals surface area contributed by atoms with Crippen LogP contribution in [0.5, 0.6) is 5.75 Å². The molecule has 2 heterocycles. The summed E-state index contributed by atoms with van der Waals surface area (Å²) in [6, 6.07) is 16.0. The molecule has 1 aliphatic heterocycles. The average molecular weight is 335 g/mol. The third kappa shape index (κ3) is 3.05. The van der Waals surface area contributed by atoms with Crippen LogP contribution in [-0.2, 0) is 6.54 Å². The number of hydrogen-bond donors (Lipinski definition) is 0. The van der Waals surface area contributed by atoms with Crippen LogP contribution in [0.4, 0.5) is 0 Å². The number of aryl methyl sites for hydroxylation is 1. The Labute approximate surface area is 146 Å². The second-order valence-electron chi connectivity index (χ2n) is 6.76. The first-order chi connectivity index (χ1) is 12.1. The highest BCUT2D eigenvalue weighted by molar-refractivity contribution is 5.85. The van der Waals surface area contributed by atoms with Gasteiger partial charge in [-0.1, -0.05) is 37.3 Å². The van der Waals surface area contributed by atoms with Crippen molar-refractivity contribution >= 4 is 11.0 Å². The lowest BCUT2D eigenvalue weighted by atomic mass is 10.00. The maximum absolute atomic E-state index is 11.8. The summed E-state index contributed by atoms with van der Waals surface area (Å²) in [5.41, 5.74) is 3.55. The van der Waals surface area contributed by atoms with E-state index in [1.54, 1.807) is 0 Å². The van der Waals surface area contributed by atoms with Crippen molar-refractivity contribution in [2.75, 3.05) is 13.3 Å². The van der Waals surface area contributed by atoms with Crippen LogP contribution in [0.1, 0.15) is 29.5 Å². The molecule has 2 aromatic carbocycles. The summed E-state index contributed by atoms with van der Waals surface area (Å²) in [4.78, 5) is 14.1. The molecule has 0 N–H and O–H groups in total. The first kappa shape index (κ1) is 15.9. The molecule has 4 rings (SSSR count). The highest BCUT2D eigenvalue weighted by Gasteiger charge is 2.23. The third-order valence-corrected chi connectivity index (χ3v) is 4.86. The maximum atomic E-state index is 11.8. The van der Waals surface area contributed by atoms with Gasteiger partial charge in [-0.05, 0) is 36.1 Å². The second-order valence-corrected chi connectivity index (χ2v) is 6.76. The zero-order valence-corrected chi connectivity index (χ0v) is 14.5. The van der Waals surface area contributed by atoms with E-state index in [1.165, 1.54) is 11.6 Å². The van der Waals surface area contributed by atoms with E-state index in [9.17, 15) is 4.79 Å². The third-order valence-electron chi connectivity index (χ3n) is 4.86. The fourth-order valence-electron chi connectivity index (χ4n) is 3.53. The minimum Gasteiger partial charge on any atom is -0.478 e. The summed E-state index contributed by atoms with van der Waals surface area (Å²) in [6.07, 6.45) is 0. The number of rotatable bonds is 3. The molecule has 0 saturated carbocycles. The molecule has 1 aliphatic rings. The van der Waals surface area contributed by atoms with Gasteiger partial charge in [0.2, 0.25) is 0 Å². The van der Waals surface area contributed by atoms with Crippen LogP contribution in [0.3, 0.4) is 0 Å². The van der Waals surface area contributed by atoms with Gasteiger partial charge in [-0.25, -0.2) is 4.79 Å². The van der Waals surface area contributed by atoms with E-state index in [-0.39, 0.29) is 5.63 Å². The fourth-order valence-corrected chi connectivity index (χ4v) is 3.53. The summed E-state index contributed by atoms with van der Waals surface area (Å²) in [5.74, 6) is 1.21. The first-order valence-electron chi connectivity index (χ1n) is 8.58. The molecule has 4 nitrogen and oxygen atoms in total. The van der Waals surface area contributed by atoms with Gasteiger partial charge in [0.1, 0.15) is 18.1 Å². The lowest BCUT2D eigenvalue weighted by Gasteiger charge is -2.31. The van der Waals surface area contributed by atoms with Gasteiger partial charge in [0, 0.05) is 24.5 Å². The van der Waals surface area contributed by atoms with Gasteiger partial charge in [0.25, 0.3) is 0 Å². The van der Waals surface area contributed by atoms with Gasteiger partial charge < -0.3 is 9.15 Å². The van der Waals surface area contributed by atoms with E-state index in [0.717, 1.165) is 35.4 Å². The predicted molar refractivity (Wildman–Crippen MR) is 98.0 cm³/mol. The quantitative estimate of drug-likeness (QED) is 0.677. The summed E-state index contributed by atoms with van der Waals surface area (Å²) in [6.45, 7) is 6.31. The van der Waals surface area contributed by atoms with Crippen molar-refractivity contribution in [3.63, 3.8) is 0 Å². The fraction of sp³-hybridized carbons (Fsp3) is 0.286. The van der Waals surface area contributed by atoms with E-state index < -0.39 is 0 Å². The summed E-state index contributed by atoms with van der Waals surface area (Å²) in [7, 11) is 0. The number of ether oxygens (including phenoxy) is 1. The highest BCUT2D eigenvalue weighted by Crippen LogP contribution is 2.33. The van der Waals surface area contributed by atoms with Crippen LogP contribution in [0.15, 0.2) is 57.7 Å². The van der Waals surface area contributed by atoms with Gasteiger partial charge in [-0.3, -0.25) is 4.90 Å². The van der Waals surface area contributed by atoms with Gasteiger partial charge in [0.05, 0.1) is 5.56 Å². The van der Waals surface area contributed by atoms with Crippen molar-refractivity contribution < 1.29 is 9.15 Å². The molecule has 25 heavy (non-hydrogen) atoms. The van der Waals surface area contributed by atoms with Crippen LogP contribution < -0.4 is 10.4 Å². The Morgan fingerprint density at radius 2 is 1.96 bits per heavy atom. The molecule has 4 heteroatoms. The van der Waals surface area contributed by atoms with Crippen LogP contribution in [0, 0.1) is 6.92 Å². The Bertz CT molecular complexity index is 962. The van der Waals surface area contributed by atoms with Crippen LogP contribution >= 0.6 is 0 Å². The Morgan fingerprint density at radius 3 is 2.76 bits per heavy atom. The van der Waals surface area contributed by atoms with E-state index in [1.807, 2.05) is 25.1 Å². The van der Waals surface area contributed by atoms with Crippen molar-refractivity contribution in [2.45, 2.75) is 26.3 Å². The molecule has 1 aromatic heterocycles. The smallest absolute Gasteiger partial charge is 0.336 e. The van der Waals surface area contributed by atoms with Crippen LogP contribution in [0.2, 0.25) is 0 Å². The molecule has 0 radical (unpaired) electrons. The molecule has 0 bridgehead atoms. The van der Waals surface area contributed by atoms with Crippen molar-refractivity contribution in [1.29, 1.82) is 0 Å². The van der Waals surface area contributed by atoms with E-state index in [2.05, 4.69) is 36.1 Å². The van der Waals surface area contributed by atoms with Crippen molar-refractivity contribution in [1.82, 2.24) is 4.90 Å². The monoisotopic (exact) mass is 335 g/mol. The minimum absolute atomic E-state index is 0.312. The second kappa shape index (κ2) is 6.37. The van der Waals surface area contributed by atoms with E-state index in [0.29, 0.717) is 18.2 Å². The number of hydrogen-bond acceptors (Lipinski definition) is 4. The molecule has 0 unspecified atom stereocenters. The molecule has 3 aromatic rings. The molecule has 0 amide bonds. The van der Waals surface area contributed by atoms with Gasteiger partial charge in [-0.2, -0.15) is 0 Å². The first-order valence-corrected chi connectivity index (χ1v) is 8.58. The summed E-state index contributed by atoms with van der Waals surface area (Å²) < 4.78 is 11.4. The lowest BCUT2D eigenvalue weighted by Crippen LogP contribution is -2.34. The summed E-state index contributed by atoms with van der Waals surface area (Å²) >= 11 is 0. The average Bonchev–Trinajstić information content (AvgIpc) is 2.62. The predicted octanol–water partition coefficient (Wildman–Crippen LogP) is 4.06. The molecule has 0 fully saturated rings. The SMILES string of the molecule is Cc1cc(=O)oc2c3c(ccc12)OCN(C[C@@H](C)c1ccccc1)C3. The summed E-state index contributed by atoms with van der Waals surface area (Å²) in [5, 5.41) is 0.972. The molecule has 128 valence electrons. The van der Waals surface area contributed by atoms with Crippen molar-refractivity contribution in [3.8, 4) is 5.75 Å². The largest absolute Gasteiger partial charge is 0.478 e. The van der Waals surface area contributed by atoms with Crippen LogP contribution in [-0.4, -0.2) is 18.2 Å². The molecule has 0 spiro atoms. The molecule has 1 atom stereocenters. The molecular weight excluding hydrogens is 314 g/mol. The van der Waals surface area contributed by atoms with E-state index in [4.69, 9.17) is 9.15 Å². The highest BCUT2D eigenvalue weighted by atomic mass is 16.5. The zero-order chi connectivity index (χ0) is 17.4.